The number of hydrogen-bond acceptors (Lipinski definition) is 2. The third-order valence-corrected chi connectivity index (χ3v) is 3.16. The van der Waals surface area contributed by atoms with E-state index in [9.17, 15) is 0 Å². The Morgan fingerprint density at radius 2 is 1.42 bits per heavy atom. The minimum Gasteiger partial charge on any atom is -0.396 e. The fourth-order valence-corrected chi connectivity index (χ4v) is 1.97. The lowest BCUT2D eigenvalue weighted by atomic mass is 9.99. The van der Waals surface area contributed by atoms with Gasteiger partial charge >= 0.3 is 0 Å². The lowest BCUT2D eigenvalue weighted by molar-refractivity contribution is 0.276. The summed E-state index contributed by atoms with van der Waals surface area (Å²) in [5.41, 5.74) is 10.7. The molecule has 1 unspecified atom stereocenters. The molecule has 0 fully saturated rings. The zero-order chi connectivity index (χ0) is 13.0. The van der Waals surface area contributed by atoms with Crippen LogP contribution >= 0.6 is 12.4 Å². The second kappa shape index (κ2) is 7.29. The van der Waals surface area contributed by atoms with Crippen LogP contribution in [0.15, 0.2) is 48.5 Å². The van der Waals surface area contributed by atoms with E-state index >= 15 is 0 Å². The molecule has 1 atom stereocenters. The largest absolute Gasteiger partial charge is 0.396 e. The molecule has 19 heavy (non-hydrogen) atoms. The SMILES string of the molecule is Cc1ccc(-c2ccc(C(N)CCO)cc2)cc1.Cl. The summed E-state index contributed by atoms with van der Waals surface area (Å²) in [6.45, 7) is 2.21. The van der Waals surface area contributed by atoms with Gasteiger partial charge in [0, 0.05) is 12.6 Å². The highest BCUT2D eigenvalue weighted by molar-refractivity contribution is 5.85. The van der Waals surface area contributed by atoms with E-state index in [1.807, 2.05) is 12.1 Å². The van der Waals surface area contributed by atoms with Crippen LogP contribution in [0.25, 0.3) is 11.1 Å². The van der Waals surface area contributed by atoms with Crippen molar-refractivity contribution in [2.75, 3.05) is 6.61 Å². The predicted molar refractivity (Wildman–Crippen MR) is 82.5 cm³/mol. The molecule has 2 nitrogen and oxygen atoms in total. The van der Waals surface area contributed by atoms with Crippen LogP contribution in [0.2, 0.25) is 0 Å². The molecule has 0 bridgehead atoms. The lowest BCUT2D eigenvalue weighted by Crippen LogP contribution is -2.11. The van der Waals surface area contributed by atoms with Gasteiger partial charge < -0.3 is 10.8 Å². The van der Waals surface area contributed by atoms with E-state index in [1.165, 1.54) is 16.7 Å². The third-order valence-electron chi connectivity index (χ3n) is 3.16. The molecule has 0 aliphatic rings. The molecule has 0 saturated carbocycles. The molecule has 0 aliphatic carbocycles. The molecule has 2 aromatic rings. The van der Waals surface area contributed by atoms with Gasteiger partial charge in [-0.05, 0) is 30.0 Å². The van der Waals surface area contributed by atoms with Crippen molar-refractivity contribution in [3.63, 3.8) is 0 Å². The minimum atomic E-state index is -0.0814. The smallest absolute Gasteiger partial charge is 0.0449 e. The van der Waals surface area contributed by atoms with Crippen molar-refractivity contribution in [3.8, 4) is 11.1 Å². The highest BCUT2D eigenvalue weighted by Crippen LogP contribution is 2.22. The van der Waals surface area contributed by atoms with Crippen LogP contribution in [0.1, 0.15) is 23.6 Å². The van der Waals surface area contributed by atoms with Gasteiger partial charge in [0.25, 0.3) is 0 Å². The van der Waals surface area contributed by atoms with Gasteiger partial charge in [-0.2, -0.15) is 0 Å². The van der Waals surface area contributed by atoms with Gasteiger partial charge in [0.15, 0.2) is 0 Å². The Bertz CT molecular complexity index is 493. The molecule has 0 heterocycles. The first kappa shape index (κ1) is 15.7. The second-order valence-corrected chi connectivity index (χ2v) is 4.61. The van der Waals surface area contributed by atoms with Crippen LogP contribution in [0.5, 0.6) is 0 Å². The first-order valence-electron chi connectivity index (χ1n) is 6.24. The second-order valence-electron chi connectivity index (χ2n) is 4.61. The number of benzene rings is 2. The number of aliphatic hydroxyl groups excluding tert-OH is 1. The monoisotopic (exact) mass is 277 g/mol. The van der Waals surface area contributed by atoms with Crippen LogP contribution in [-0.2, 0) is 0 Å². The topological polar surface area (TPSA) is 46.2 Å². The molecule has 0 spiro atoms. The van der Waals surface area contributed by atoms with E-state index in [0.29, 0.717) is 6.42 Å². The van der Waals surface area contributed by atoms with Crippen molar-refractivity contribution >= 4 is 12.4 Å². The standard InChI is InChI=1S/C16H19NO.ClH/c1-12-2-4-13(5-3-12)14-6-8-15(9-7-14)16(17)10-11-18;/h2-9,16,18H,10-11,17H2,1H3;1H. The van der Waals surface area contributed by atoms with Crippen LogP contribution in [-0.4, -0.2) is 11.7 Å². The van der Waals surface area contributed by atoms with E-state index in [4.69, 9.17) is 10.8 Å². The Morgan fingerprint density at radius 3 is 1.89 bits per heavy atom. The van der Waals surface area contributed by atoms with Gasteiger partial charge in [0.2, 0.25) is 0 Å². The Morgan fingerprint density at radius 1 is 0.947 bits per heavy atom. The molecule has 3 N–H and O–H groups in total. The number of aryl methyl sites for hydroxylation is 1. The maximum atomic E-state index is 8.88. The van der Waals surface area contributed by atoms with Crippen molar-refractivity contribution in [3.05, 3.63) is 59.7 Å². The number of rotatable bonds is 4. The van der Waals surface area contributed by atoms with Crippen LogP contribution in [0.4, 0.5) is 0 Å². The van der Waals surface area contributed by atoms with E-state index in [-0.39, 0.29) is 25.1 Å². The fourth-order valence-electron chi connectivity index (χ4n) is 1.97. The maximum Gasteiger partial charge on any atom is 0.0449 e. The summed E-state index contributed by atoms with van der Waals surface area (Å²) in [7, 11) is 0. The van der Waals surface area contributed by atoms with Crippen molar-refractivity contribution in [2.45, 2.75) is 19.4 Å². The summed E-state index contributed by atoms with van der Waals surface area (Å²) < 4.78 is 0. The molecule has 2 aromatic carbocycles. The Kier molecular flexibility index (Phi) is 6.03. The molecule has 0 aliphatic heterocycles. The van der Waals surface area contributed by atoms with Gasteiger partial charge in [-0.15, -0.1) is 12.4 Å². The zero-order valence-electron chi connectivity index (χ0n) is 11.0. The molecule has 2 rings (SSSR count). The van der Waals surface area contributed by atoms with Crippen molar-refractivity contribution in [1.29, 1.82) is 0 Å². The Labute approximate surface area is 120 Å². The third kappa shape index (κ3) is 4.06. The number of hydrogen-bond donors (Lipinski definition) is 2. The first-order chi connectivity index (χ1) is 8.70. The van der Waals surface area contributed by atoms with E-state index in [1.54, 1.807) is 0 Å². The molecule has 0 amide bonds. The average molecular weight is 278 g/mol. The van der Waals surface area contributed by atoms with Gasteiger partial charge in [0.05, 0.1) is 0 Å². The summed E-state index contributed by atoms with van der Waals surface area (Å²) in [6, 6.07) is 16.6. The Hall–Kier alpha value is -1.35. The van der Waals surface area contributed by atoms with Crippen molar-refractivity contribution < 1.29 is 5.11 Å². The van der Waals surface area contributed by atoms with E-state index in [2.05, 4.69) is 43.3 Å². The number of aliphatic hydroxyl groups is 1. The molecule has 102 valence electrons. The molecule has 0 saturated heterocycles. The summed E-state index contributed by atoms with van der Waals surface area (Å²) in [4.78, 5) is 0. The average Bonchev–Trinajstić information content (AvgIpc) is 2.40. The summed E-state index contributed by atoms with van der Waals surface area (Å²) in [6.07, 6.45) is 0.601. The van der Waals surface area contributed by atoms with E-state index in [0.717, 1.165) is 5.56 Å². The van der Waals surface area contributed by atoms with Crippen LogP contribution in [0, 0.1) is 6.92 Å². The lowest BCUT2D eigenvalue weighted by Gasteiger charge is -2.11. The molecule has 3 heteroatoms. The molecule has 0 radical (unpaired) electrons. The van der Waals surface area contributed by atoms with Gasteiger partial charge in [-0.25, -0.2) is 0 Å². The number of nitrogens with two attached hydrogens (primary N) is 1. The molecule has 0 aromatic heterocycles. The summed E-state index contributed by atoms with van der Waals surface area (Å²) in [5.74, 6) is 0. The zero-order valence-corrected chi connectivity index (χ0v) is 11.9. The highest BCUT2D eigenvalue weighted by Gasteiger charge is 2.05. The number of halogens is 1. The maximum absolute atomic E-state index is 8.88. The normalized spacial score (nSPS) is 11.7. The highest BCUT2D eigenvalue weighted by atomic mass is 35.5. The minimum absolute atomic E-state index is 0. The van der Waals surface area contributed by atoms with Crippen molar-refractivity contribution in [2.24, 2.45) is 5.73 Å². The van der Waals surface area contributed by atoms with Gasteiger partial charge in [0.1, 0.15) is 0 Å². The van der Waals surface area contributed by atoms with Crippen LogP contribution < -0.4 is 5.73 Å². The fraction of sp³-hybridized carbons (Fsp3) is 0.250. The summed E-state index contributed by atoms with van der Waals surface area (Å²) >= 11 is 0. The van der Waals surface area contributed by atoms with Gasteiger partial charge in [-0.1, -0.05) is 54.1 Å². The quantitative estimate of drug-likeness (QED) is 0.899. The first-order valence-corrected chi connectivity index (χ1v) is 6.24. The summed E-state index contributed by atoms with van der Waals surface area (Å²) in [5, 5.41) is 8.88. The van der Waals surface area contributed by atoms with Crippen LogP contribution in [0.3, 0.4) is 0 Å². The Balaban J connectivity index is 0.00000180. The van der Waals surface area contributed by atoms with E-state index < -0.39 is 0 Å². The molecular weight excluding hydrogens is 258 g/mol. The predicted octanol–water partition coefficient (Wildman–Crippen LogP) is 3.47. The molecular formula is C16H20ClNO. The van der Waals surface area contributed by atoms with Crippen molar-refractivity contribution in [1.82, 2.24) is 0 Å². The van der Waals surface area contributed by atoms with Gasteiger partial charge in [-0.3, -0.25) is 0 Å².